The SMILES string of the molecule is [CH]=CNC(=O)c1ccccc1. The lowest BCUT2D eigenvalue weighted by atomic mass is 10.2. The fraction of sp³-hybridized carbons (Fsp3) is 0. The first-order valence-corrected chi connectivity index (χ1v) is 3.24. The van der Waals surface area contributed by atoms with Crippen LogP contribution in [0.2, 0.25) is 0 Å². The van der Waals surface area contributed by atoms with Gasteiger partial charge in [0, 0.05) is 11.8 Å². The molecule has 0 fully saturated rings. The molecule has 0 bridgehead atoms. The molecule has 1 N–H and O–H groups in total. The van der Waals surface area contributed by atoms with Gasteiger partial charge in [0.2, 0.25) is 0 Å². The summed E-state index contributed by atoms with van der Waals surface area (Å²) in [6, 6.07) is 8.89. The highest BCUT2D eigenvalue weighted by Gasteiger charge is 1.99. The van der Waals surface area contributed by atoms with Crippen LogP contribution in [0.4, 0.5) is 0 Å². The lowest BCUT2D eigenvalue weighted by molar-refractivity contribution is 0.0970. The van der Waals surface area contributed by atoms with E-state index in [1.165, 1.54) is 0 Å². The van der Waals surface area contributed by atoms with E-state index in [0.29, 0.717) is 5.56 Å². The largest absolute Gasteiger partial charge is 0.329 e. The number of amides is 1. The molecule has 1 radical (unpaired) electrons. The highest BCUT2D eigenvalue weighted by molar-refractivity contribution is 5.94. The van der Waals surface area contributed by atoms with Crippen molar-refractivity contribution >= 4 is 5.91 Å². The molecule has 55 valence electrons. The molecule has 11 heavy (non-hydrogen) atoms. The summed E-state index contributed by atoms with van der Waals surface area (Å²) in [6.45, 7) is 5.01. The smallest absolute Gasteiger partial charge is 0.255 e. The van der Waals surface area contributed by atoms with Crippen molar-refractivity contribution in [2.75, 3.05) is 0 Å². The second-order valence-electron chi connectivity index (χ2n) is 2.01. The second kappa shape index (κ2) is 3.56. The van der Waals surface area contributed by atoms with Crippen molar-refractivity contribution in [2.45, 2.75) is 0 Å². The van der Waals surface area contributed by atoms with Crippen LogP contribution >= 0.6 is 0 Å². The number of carbonyl (C=O) groups excluding carboxylic acids is 1. The van der Waals surface area contributed by atoms with Gasteiger partial charge in [-0.3, -0.25) is 4.79 Å². The number of hydrogen-bond donors (Lipinski definition) is 1. The molecule has 1 rings (SSSR count). The van der Waals surface area contributed by atoms with Crippen LogP contribution in [0.1, 0.15) is 10.4 Å². The molecule has 0 spiro atoms. The molecule has 0 aliphatic rings. The molecule has 0 saturated heterocycles. The molecule has 1 aromatic carbocycles. The quantitative estimate of drug-likeness (QED) is 0.670. The van der Waals surface area contributed by atoms with E-state index in [9.17, 15) is 4.79 Å². The van der Waals surface area contributed by atoms with Gasteiger partial charge in [-0.15, -0.1) is 0 Å². The van der Waals surface area contributed by atoms with Gasteiger partial charge in [0.1, 0.15) is 0 Å². The second-order valence-corrected chi connectivity index (χ2v) is 2.01. The van der Waals surface area contributed by atoms with Gasteiger partial charge < -0.3 is 5.32 Å². The lowest BCUT2D eigenvalue weighted by Gasteiger charge is -1.96. The maximum Gasteiger partial charge on any atom is 0.255 e. The number of rotatable bonds is 2. The van der Waals surface area contributed by atoms with Crippen LogP contribution in [0, 0.1) is 6.58 Å². The molecule has 0 aliphatic heterocycles. The molecule has 0 saturated carbocycles. The van der Waals surface area contributed by atoms with Crippen molar-refractivity contribution in [3.63, 3.8) is 0 Å². The summed E-state index contributed by atoms with van der Waals surface area (Å²) in [5.41, 5.74) is 0.606. The summed E-state index contributed by atoms with van der Waals surface area (Å²) >= 11 is 0. The average molecular weight is 146 g/mol. The number of nitrogens with one attached hydrogen (secondary N) is 1. The van der Waals surface area contributed by atoms with Crippen LogP contribution < -0.4 is 5.32 Å². The average Bonchev–Trinajstić information content (AvgIpc) is 2.07. The topological polar surface area (TPSA) is 29.1 Å². The van der Waals surface area contributed by atoms with Gasteiger partial charge >= 0.3 is 0 Å². The third-order valence-corrected chi connectivity index (χ3v) is 1.25. The first-order chi connectivity index (χ1) is 5.34. The van der Waals surface area contributed by atoms with Crippen LogP contribution in [-0.4, -0.2) is 5.91 Å². The van der Waals surface area contributed by atoms with Gasteiger partial charge in [-0.1, -0.05) is 18.2 Å². The Bertz CT molecular complexity index is 254. The maximum atomic E-state index is 11.0. The van der Waals surface area contributed by atoms with Gasteiger partial charge in [-0.05, 0) is 18.7 Å². The number of carbonyl (C=O) groups is 1. The van der Waals surface area contributed by atoms with Crippen molar-refractivity contribution < 1.29 is 4.79 Å². The van der Waals surface area contributed by atoms with Crippen molar-refractivity contribution in [1.29, 1.82) is 0 Å². The minimum Gasteiger partial charge on any atom is -0.329 e. The van der Waals surface area contributed by atoms with Crippen molar-refractivity contribution in [3.05, 3.63) is 48.7 Å². The van der Waals surface area contributed by atoms with E-state index in [4.69, 9.17) is 6.58 Å². The summed E-state index contributed by atoms with van der Waals surface area (Å²) < 4.78 is 0. The number of hydrogen-bond acceptors (Lipinski definition) is 1. The summed E-state index contributed by atoms with van der Waals surface area (Å²) in [6.07, 6.45) is 1.12. The Morgan fingerprint density at radius 1 is 1.36 bits per heavy atom. The summed E-state index contributed by atoms with van der Waals surface area (Å²) in [5.74, 6) is -0.187. The van der Waals surface area contributed by atoms with Gasteiger partial charge in [-0.2, -0.15) is 0 Å². The molecule has 2 nitrogen and oxygen atoms in total. The molecule has 0 aromatic heterocycles. The van der Waals surface area contributed by atoms with E-state index in [0.717, 1.165) is 6.20 Å². The minimum atomic E-state index is -0.187. The predicted molar refractivity (Wildman–Crippen MR) is 42.8 cm³/mol. The third-order valence-electron chi connectivity index (χ3n) is 1.25. The number of benzene rings is 1. The zero-order chi connectivity index (χ0) is 8.10. The van der Waals surface area contributed by atoms with Crippen LogP contribution in [-0.2, 0) is 0 Å². The van der Waals surface area contributed by atoms with Gasteiger partial charge in [0.15, 0.2) is 0 Å². The maximum absolute atomic E-state index is 11.0. The van der Waals surface area contributed by atoms with Crippen LogP contribution in [0.5, 0.6) is 0 Å². The van der Waals surface area contributed by atoms with Gasteiger partial charge in [-0.25, -0.2) is 0 Å². The Morgan fingerprint density at radius 2 is 2.00 bits per heavy atom. The summed E-state index contributed by atoms with van der Waals surface area (Å²) in [7, 11) is 0. The third kappa shape index (κ3) is 1.93. The molecule has 2 heteroatoms. The van der Waals surface area contributed by atoms with E-state index < -0.39 is 0 Å². The van der Waals surface area contributed by atoms with E-state index in [1.54, 1.807) is 24.3 Å². The van der Waals surface area contributed by atoms with E-state index in [-0.39, 0.29) is 5.91 Å². The van der Waals surface area contributed by atoms with E-state index in [1.807, 2.05) is 6.07 Å². The molecule has 1 amide bonds. The first kappa shape index (κ1) is 7.54. The Labute approximate surface area is 65.5 Å². The van der Waals surface area contributed by atoms with Gasteiger partial charge in [0.05, 0.1) is 0 Å². The Morgan fingerprint density at radius 3 is 2.55 bits per heavy atom. The van der Waals surface area contributed by atoms with Crippen molar-refractivity contribution in [3.8, 4) is 0 Å². The Balaban J connectivity index is 2.77. The normalized spacial score (nSPS) is 8.73. The predicted octanol–water partition coefficient (Wildman–Crippen LogP) is 1.36. The zero-order valence-corrected chi connectivity index (χ0v) is 5.95. The molecule has 0 atom stereocenters. The van der Waals surface area contributed by atoms with Crippen LogP contribution in [0.3, 0.4) is 0 Å². The lowest BCUT2D eigenvalue weighted by Crippen LogP contribution is -2.16. The van der Waals surface area contributed by atoms with E-state index in [2.05, 4.69) is 5.32 Å². The fourth-order valence-electron chi connectivity index (χ4n) is 0.749. The summed E-state index contributed by atoms with van der Waals surface area (Å²) in [4.78, 5) is 11.0. The van der Waals surface area contributed by atoms with E-state index >= 15 is 0 Å². The zero-order valence-electron chi connectivity index (χ0n) is 5.95. The van der Waals surface area contributed by atoms with Gasteiger partial charge in [0.25, 0.3) is 5.91 Å². The summed E-state index contributed by atoms with van der Waals surface area (Å²) in [5, 5.41) is 2.38. The monoisotopic (exact) mass is 146 g/mol. The fourth-order valence-corrected chi connectivity index (χ4v) is 0.749. The molecular weight excluding hydrogens is 138 g/mol. The highest BCUT2D eigenvalue weighted by Crippen LogP contribution is 1.96. The minimum absolute atomic E-state index is 0.187. The van der Waals surface area contributed by atoms with Crippen molar-refractivity contribution in [2.24, 2.45) is 0 Å². The van der Waals surface area contributed by atoms with Crippen LogP contribution in [0.25, 0.3) is 0 Å². The Kier molecular flexibility index (Phi) is 2.44. The first-order valence-electron chi connectivity index (χ1n) is 3.24. The molecule has 0 aliphatic carbocycles. The molecule has 1 aromatic rings. The standard InChI is InChI=1S/C9H8NO/c1-2-10-9(11)8-6-4-3-5-7-8/h1-7H,(H,10,11). The van der Waals surface area contributed by atoms with Crippen molar-refractivity contribution in [1.82, 2.24) is 5.32 Å². The molecule has 0 heterocycles. The Hall–Kier alpha value is -1.57. The highest BCUT2D eigenvalue weighted by atomic mass is 16.1. The molecular formula is C9H8NO. The van der Waals surface area contributed by atoms with Crippen LogP contribution in [0.15, 0.2) is 36.5 Å². The molecule has 0 unspecified atom stereocenters.